The van der Waals surface area contributed by atoms with Crippen LogP contribution >= 0.6 is 24.8 Å². The Morgan fingerprint density at radius 3 is 1.56 bits per heavy atom. The van der Waals surface area contributed by atoms with Crippen molar-refractivity contribution in [2.24, 2.45) is 0 Å². The predicted molar refractivity (Wildman–Crippen MR) is 151 cm³/mol. The molecule has 0 bridgehead atoms. The Labute approximate surface area is 217 Å². The van der Waals surface area contributed by atoms with Gasteiger partial charge in [-0.3, -0.25) is 0 Å². The van der Waals surface area contributed by atoms with E-state index in [1.807, 2.05) is 0 Å². The van der Waals surface area contributed by atoms with E-state index in [0.717, 1.165) is 0 Å². The van der Waals surface area contributed by atoms with E-state index >= 15 is 0 Å². The van der Waals surface area contributed by atoms with Crippen LogP contribution in [0.5, 0.6) is 0 Å². The van der Waals surface area contributed by atoms with E-state index in [-0.39, 0.29) is 24.8 Å². The van der Waals surface area contributed by atoms with Gasteiger partial charge >= 0.3 is 195 Å². The Balaban J connectivity index is 0.00000137. The van der Waals surface area contributed by atoms with Gasteiger partial charge in [-0.15, -0.1) is 24.8 Å². The van der Waals surface area contributed by atoms with Crippen LogP contribution in [-0.4, -0.2) is 6.88 Å². The normalized spacial score (nSPS) is 16.4. The molecule has 4 aromatic carbocycles. The van der Waals surface area contributed by atoms with Crippen molar-refractivity contribution in [1.29, 1.82) is 0 Å². The van der Waals surface area contributed by atoms with Gasteiger partial charge in [0.15, 0.2) is 0 Å². The summed E-state index contributed by atoms with van der Waals surface area (Å²) in [7, 11) is 0. The third-order valence-electron chi connectivity index (χ3n) is 7.81. The zero-order chi connectivity index (χ0) is 21.9. The molecule has 172 valence electrons. The number of allylic oxidation sites excluding steroid dienone is 1. The van der Waals surface area contributed by atoms with Gasteiger partial charge in [0.25, 0.3) is 0 Å². The summed E-state index contributed by atoms with van der Waals surface area (Å²) in [5, 5.41) is 0. The van der Waals surface area contributed by atoms with E-state index < -0.39 is 17.4 Å². The van der Waals surface area contributed by atoms with E-state index in [2.05, 4.69) is 125 Å². The van der Waals surface area contributed by atoms with Crippen LogP contribution in [0.4, 0.5) is 0 Å². The van der Waals surface area contributed by atoms with Gasteiger partial charge in [-0.25, -0.2) is 0 Å². The third kappa shape index (κ3) is 3.75. The molecule has 0 spiro atoms. The molecule has 0 N–H and O–H groups in total. The summed E-state index contributed by atoms with van der Waals surface area (Å²) in [6, 6.07) is 38.4. The van der Waals surface area contributed by atoms with Crippen molar-refractivity contribution in [3.8, 4) is 11.1 Å². The van der Waals surface area contributed by atoms with Gasteiger partial charge in [-0.05, 0) is 0 Å². The minimum absolute atomic E-state index is 0. The molecule has 2 aliphatic rings. The second-order valence-electron chi connectivity index (χ2n) is 10.6. The van der Waals surface area contributed by atoms with Gasteiger partial charge in [-0.1, -0.05) is 0 Å². The van der Waals surface area contributed by atoms with Crippen LogP contribution in [0.3, 0.4) is 0 Å². The molecule has 1 atom stereocenters. The van der Waals surface area contributed by atoms with Gasteiger partial charge in [0.2, 0.25) is 0 Å². The Kier molecular flexibility index (Phi) is 6.77. The monoisotopic (exact) mass is 578 g/mol. The van der Waals surface area contributed by atoms with Crippen LogP contribution < -0.4 is 0 Å². The molecule has 2 aliphatic carbocycles. The Bertz CT molecular complexity index is 1420. The number of fused-ring (bicyclic) bond motifs is 4. The third-order valence-corrected chi connectivity index (χ3v) is 25.2. The fourth-order valence-corrected chi connectivity index (χ4v) is 23.0. The molecule has 0 nitrogen and oxygen atoms in total. The fraction of sp³-hybridized carbons (Fsp3) is 0.133. The Hall–Kier alpha value is -1.70. The number of hydrogen-bond donors (Lipinski definition) is 0. The SMILES string of the molecule is Cl.Cl.[CH3][Zr]([CH3])(=[SiH2])([CH]1C=C(c2ccccc2)c2ccccc21)[CH]1c2ccccc2-c2ccccc21. The van der Waals surface area contributed by atoms with Crippen LogP contribution in [0.15, 0.2) is 109 Å². The Morgan fingerprint density at radius 2 is 1.00 bits per heavy atom. The summed E-state index contributed by atoms with van der Waals surface area (Å²) in [5.41, 5.74) is 11.7. The van der Waals surface area contributed by atoms with Gasteiger partial charge < -0.3 is 0 Å². The minimum atomic E-state index is -3.46. The molecular formula is C30H30Cl2SiZr. The summed E-state index contributed by atoms with van der Waals surface area (Å²) in [6.07, 6.45) is 2.64. The van der Waals surface area contributed by atoms with Crippen molar-refractivity contribution in [3.05, 3.63) is 137 Å². The molecule has 0 heterocycles. The number of rotatable bonds is 3. The molecule has 0 fully saturated rings. The molecule has 34 heavy (non-hydrogen) atoms. The molecule has 0 saturated carbocycles. The standard InChI is InChI=1S/C15H11.C13H9.2CH3.2ClH.H2Si.Zr/c1-2-6-12(7-3-1)15-11-10-13-8-4-5-9-14(13)15;1-3-7-12-10(5-1)9-11-6-2-4-8-13(11)12;;;;;;/h1-11H;1-9H;2*1H3;2*1H;1H2;. The second kappa shape index (κ2) is 9.07. The molecule has 0 amide bonds. The number of benzene rings is 4. The predicted octanol–water partition coefficient (Wildman–Crippen LogP) is 8.12. The van der Waals surface area contributed by atoms with E-state index in [4.69, 9.17) is 0 Å². The zero-order valence-corrected chi connectivity index (χ0v) is 25.1. The molecule has 0 radical (unpaired) electrons. The van der Waals surface area contributed by atoms with Crippen LogP contribution in [0, 0.1) is 0 Å². The summed E-state index contributed by atoms with van der Waals surface area (Å²) in [5.74, 6) is 0. The number of halogens is 2. The van der Waals surface area contributed by atoms with Crippen molar-refractivity contribution in [3.63, 3.8) is 0 Å². The number of hydrogen-bond acceptors (Lipinski definition) is 0. The van der Waals surface area contributed by atoms with E-state index in [1.165, 1.54) is 27.8 Å². The van der Waals surface area contributed by atoms with Gasteiger partial charge in [-0.2, -0.15) is 0 Å². The topological polar surface area (TPSA) is 0 Å². The molecule has 4 heteroatoms. The maximum absolute atomic E-state index is 3.46. The van der Waals surface area contributed by atoms with Crippen molar-refractivity contribution in [2.45, 2.75) is 16.5 Å². The van der Waals surface area contributed by atoms with Crippen molar-refractivity contribution in [2.75, 3.05) is 0 Å². The van der Waals surface area contributed by atoms with Gasteiger partial charge in [0, 0.05) is 0 Å². The first-order chi connectivity index (χ1) is 15.4. The maximum atomic E-state index is 2.70. The van der Waals surface area contributed by atoms with Gasteiger partial charge in [0.1, 0.15) is 0 Å². The van der Waals surface area contributed by atoms with E-state index in [9.17, 15) is 0 Å². The fourth-order valence-electron chi connectivity index (χ4n) is 6.37. The van der Waals surface area contributed by atoms with Crippen LogP contribution in [0.2, 0.25) is 9.26 Å². The Morgan fingerprint density at radius 1 is 0.559 bits per heavy atom. The van der Waals surface area contributed by atoms with Crippen molar-refractivity contribution >= 4 is 37.3 Å². The summed E-state index contributed by atoms with van der Waals surface area (Å²) in [4.78, 5) is 0. The van der Waals surface area contributed by atoms with E-state index in [0.29, 0.717) is 7.25 Å². The molecular weight excluding hydrogens is 551 g/mol. The molecule has 0 aromatic heterocycles. The van der Waals surface area contributed by atoms with Crippen LogP contribution in [0.1, 0.15) is 35.1 Å². The summed E-state index contributed by atoms with van der Waals surface area (Å²) in [6.45, 7) is 2.41. The van der Waals surface area contributed by atoms with Gasteiger partial charge in [0.05, 0.1) is 0 Å². The quantitative estimate of drug-likeness (QED) is 0.215. The average molecular weight is 581 g/mol. The van der Waals surface area contributed by atoms with Crippen molar-refractivity contribution < 1.29 is 17.4 Å². The summed E-state index contributed by atoms with van der Waals surface area (Å²) < 4.78 is 6.46. The molecule has 4 aromatic rings. The first-order valence-corrected chi connectivity index (χ1v) is 25.2. The van der Waals surface area contributed by atoms with Crippen LogP contribution in [0.25, 0.3) is 16.7 Å². The van der Waals surface area contributed by atoms with E-state index in [1.54, 1.807) is 16.7 Å². The molecule has 0 aliphatic heterocycles. The second-order valence-corrected chi connectivity index (χ2v) is 41.1. The molecule has 0 saturated heterocycles. The molecule has 1 unspecified atom stereocenters. The first-order valence-electron chi connectivity index (χ1n) is 11.6. The first kappa shape index (κ1) is 25.4. The summed E-state index contributed by atoms with van der Waals surface area (Å²) >= 11 is -3.46. The average Bonchev–Trinajstić information content (AvgIpc) is 3.37. The van der Waals surface area contributed by atoms with Crippen molar-refractivity contribution in [1.82, 2.24) is 0 Å². The zero-order valence-electron chi connectivity index (χ0n) is 19.6. The molecule has 6 rings (SSSR count). The van der Waals surface area contributed by atoms with Crippen LogP contribution in [-0.2, 0) is 17.4 Å².